The van der Waals surface area contributed by atoms with Crippen molar-refractivity contribution in [2.45, 2.75) is 39.0 Å². The molecule has 0 spiro atoms. The van der Waals surface area contributed by atoms with Crippen LogP contribution in [0.1, 0.15) is 39.0 Å². The number of rotatable bonds is 5. The molecule has 2 fully saturated rings. The predicted molar refractivity (Wildman–Crippen MR) is 69.7 cm³/mol. The maximum atomic E-state index is 2.62. The molecule has 2 heterocycles. The summed E-state index contributed by atoms with van der Waals surface area (Å²) in [5.74, 6) is 0. The van der Waals surface area contributed by atoms with Gasteiger partial charge in [0.05, 0.1) is 0 Å². The van der Waals surface area contributed by atoms with Gasteiger partial charge in [-0.2, -0.15) is 0 Å². The summed E-state index contributed by atoms with van der Waals surface area (Å²) in [5, 5.41) is 0. The second-order valence-corrected chi connectivity index (χ2v) is 5.23. The normalized spacial score (nSPS) is 24.4. The summed E-state index contributed by atoms with van der Waals surface area (Å²) in [7, 11) is 0. The zero-order valence-electron chi connectivity index (χ0n) is 10.7. The summed E-state index contributed by atoms with van der Waals surface area (Å²) in [6.07, 6.45) is 9.27. The van der Waals surface area contributed by atoms with Gasteiger partial charge in [0, 0.05) is 13.1 Å². The van der Waals surface area contributed by atoms with Crippen LogP contribution in [0.3, 0.4) is 0 Å². The van der Waals surface area contributed by atoms with Crippen molar-refractivity contribution in [3.63, 3.8) is 0 Å². The van der Waals surface area contributed by atoms with Gasteiger partial charge in [0.2, 0.25) is 0 Å². The molecule has 0 bridgehead atoms. The van der Waals surface area contributed by atoms with Crippen LogP contribution in [0.15, 0.2) is 11.6 Å². The Kier molecular flexibility index (Phi) is 4.86. The minimum atomic E-state index is 1.23. The second kappa shape index (κ2) is 6.41. The van der Waals surface area contributed by atoms with Crippen molar-refractivity contribution in [3.05, 3.63) is 11.6 Å². The van der Waals surface area contributed by atoms with Gasteiger partial charge < -0.3 is 4.90 Å². The average Bonchev–Trinajstić information content (AvgIpc) is 2.97. The quantitative estimate of drug-likeness (QED) is 0.660. The molecule has 2 saturated heterocycles. The van der Waals surface area contributed by atoms with E-state index in [0.717, 1.165) is 0 Å². The highest BCUT2D eigenvalue weighted by Crippen LogP contribution is 2.14. The van der Waals surface area contributed by atoms with Gasteiger partial charge in [-0.15, -0.1) is 0 Å². The van der Waals surface area contributed by atoms with E-state index in [4.69, 9.17) is 0 Å². The summed E-state index contributed by atoms with van der Waals surface area (Å²) in [6, 6.07) is 0. The fraction of sp³-hybridized carbons (Fsp3) is 0.857. The van der Waals surface area contributed by atoms with Crippen LogP contribution in [0, 0.1) is 0 Å². The number of hydrogen-bond donors (Lipinski definition) is 0. The van der Waals surface area contributed by atoms with E-state index in [1.807, 2.05) is 0 Å². The van der Waals surface area contributed by atoms with Gasteiger partial charge in [-0.1, -0.05) is 11.6 Å². The molecule has 16 heavy (non-hydrogen) atoms. The third kappa shape index (κ3) is 3.60. The minimum absolute atomic E-state index is 1.23. The summed E-state index contributed by atoms with van der Waals surface area (Å²) < 4.78 is 0. The highest BCUT2D eigenvalue weighted by Gasteiger charge is 2.14. The predicted octanol–water partition coefficient (Wildman–Crippen LogP) is 2.51. The van der Waals surface area contributed by atoms with Gasteiger partial charge in [-0.25, -0.2) is 0 Å². The molecule has 0 aliphatic carbocycles. The first kappa shape index (κ1) is 12.1. The lowest BCUT2D eigenvalue weighted by Gasteiger charge is -2.20. The van der Waals surface area contributed by atoms with Gasteiger partial charge in [-0.3, -0.25) is 4.90 Å². The van der Waals surface area contributed by atoms with Crippen LogP contribution in [0.5, 0.6) is 0 Å². The summed E-state index contributed by atoms with van der Waals surface area (Å²) in [6.45, 7) is 10.0. The Morgan fingerprint density at radius 3 is 2.06 bits per heavy atom. The van der Waals surface area contributed by atoms with Crippen molar-refractivity contribution < 1.29 is 0 Å². The average molecular weight is 222 g/mol. The van der Waals surface area contributed by atoms with Crippen molar-refractivity contribution in [2.75, 3.05) is 39.3 Å². The van der Waals surface area contributed by atoms with Gasteiger partial charge in [0.25, 0.3) is 0 Å². The van der Waals surface area contributed by atoms with E-state index < -0.39 is 0 Å². The molecule has 2 aliphatic rings. The molecule has 0 atom stereocenters. The summed E-state index contributed by atoms with van der Waals surface area (Å²) in [4.78, 5) is 5.23. The zero-order chi connectivity index (χ0) is 11.2. The molecule has 2 aliphatic heterocycles. The Morgan fingerprint density at radius 2 is 1.50 bits per heavy atom. The van der Waals surface area contributed by atoms with Crippen molar-refractivity contribution in [1.29, 1.82) is 0 Å². The molecule has 2 nitrogen and oxygen atoms in total. The molecular formula is C14H26N2. The van der Waals surface area contributed by atoms with E-state index in [-0.39, 0.29) is 0 Å². The maximum Gasteiger partial charge on any atom is 0.0193 e. The van der Waals surface area contributed by atoms with E-state index in [0.29, 0.717) is 0 Å². The number of likely N-dealkylation sites (tertiary alicyclic amines) is 2. The van der Waals surface area contributed by atoms with Crippen LogP contribution in [0.2, 0.25) is 0 Å². The van der Waals surface area contributed by atoms with E-state index in [9.17, 15) is 0 Å². The van der Waals surface area contributed by atoms with Crippen LogP contribution in [-0.2, 0) is 0 Å². The maximum absolute atomic E-state index is 2.62. The third-order valence-corrected chi connectivity index (χ3v) is 3.98. The van der Waals surface area contributed by atoms with Crippen LogP contribution in [-0.4, -0.2) is 49.1 Å². The zero-order valence-corrected chi connectivity index (χ0v) is 10.7. The molecule has 0 saturated carbocycles. The fourth-order valence-electron chi connectivity index (χ4n) is 2.85. The number of nitrogens with zero attached hydrogens (tertiary/aromatic N) is 2. The standard InChI is InChI=1S/C14H26N2/c1-2-14(13-16-10-5-6-11-16)7-12-15-8-3-4-9-15/h2H,3-13H2,1H3. The molecule has 0 aromatic rings. The first-order valence-electron chi connectivity index (χ1n) is 6.97. The lowest BCUT2D eigenvalue weighted by Crippen LogP contribution is -2.25. The third-order valence-electron chi connectivity index (χ3n) is 3.98. The molecule has 2 heteroatoms. The number of hydrogen-bond acceptors (Lipinski definition) is 2. The summed E-state index contributed by atoms with van der Waals surface area (Å²) >= 11 is 0. The van der Waals surface area contributed by atoms with Gasteiger partial charge in [0.1, 0.15) is 0 Å². The fourth-order valence-corrected chi connectivity index (χ4v) is 2.85. The molecule has 0 unspecified atom stereocenters. The number of allylic oxidation sites excluding steroid dienone is 1. The van der Waals surface area contributed by atoms with Gasteiger partial charge in [0.15, 0.2) is 0 Å². The van der Waals surface area contributed by atoms with Crippen molar-refractivity contribution in [2.24, 2.45) is 0 Å². The van der Waals surface area contributed by atoms with Crippen LogP contribution in [0.25, 0.3) is 0 Å². The van der Waals surface area contributed by atoms with Crippen molar-refractivity contribution >= 4 is 0 Å². The molecule has 2 rings (SSSR count). The first-order chi connectivity index (χ1) is 7.88. The Morgan fingerprint density at radius 1 is 0.938 bits per heavy atom. The van der Waals surface area contributed by atoms with Crippen LogP contribution >= 0.6 is 0 Å². The van der Waals surface area contributed by atoms with Crippen LogP contribution < -0.4 is 0 Å². The lowest BCUT2D eigenvalue weighted by atomic mass is 10.1. The smallest absolute Gasteiger partial charge is 0.0193 e. The molecule has 0 N–H and O–H groups in total. The lowest BCUT2D eigenvalue weighted by molar-refractivity contribution is 0.327. The van der Waals surface area contributed by atoms with E-state index in [1.165, 1.54) is 71.4 Å². The Hall–Kier alpha value is -0.340. The SMILES string of the molecule is CC=C(CCN1CCCC1)CN1CCCC1. The van der Waals surface area contributed by atoms with Crippen molar-refractivity contribution in [3.8, 4) is 0 Å². The highest BCUT2D eigenvalue weighted by molar-refractivity contribution is 5.04. The molecule has 92 valence electrons. The molecule has 0 aromatic heterocycles. The topological polar surface area (TPSA) is 6.48 Å². The molecule has 0 amide bonds. The van der Waals surface area contributed by atoms with Gasteiger partial charge >= 0.3 is 0 Å². The molecular weight excluding hydrogens is 196 g/mol. The monoisotopic (exact) mass is 222 g/mol. The van der Waals surface area contributed by atoms with E-state index in [1.54, 1.807) is 5.57 Å². The Labute approximate surface area is 100 Å². The second-order valence-electron chi connectivity index (χ2n) is 5.23. The Balaban J connectivity index is 1.68. The Bertz CT molecular complexity index is 223. The highest BCUT2D eigenvalue weighted by atomic mass is 15.1. The van der Waals surface area contributed by atoms with Crippen LogP contribution in [0.4, 0.5) is 0 Å². The van der Waals surface area contributed by atoms with Gasteiger partial charge in [-0.05, 0) is 65.2 Å². The minimum Gasteiger partial charge on any atom is -0.303 e. The summed E-state index contributed by atoms with van der Waals surface area (Å²) in [5.41, 5.74) is 1.65. The first-order valence-corrected chi connectivity index (χ1v) is 6.97. The molecule has 0 aromatic carbocycles. The van der Waals surface area contributed by atoms with Crippen molar-refractivity contribution in [1.82, 2.24) is 9.80 Å². The molecule has 0 radical (unpaired) electrons. The van der Waals surface area contributed by atoms with E-state index in [2.05, 4.69) is 22.8 Å². The van der Waals surface area contributed by atoms with E-state index >= 15 is 0 Å². The largest absolute Gasteiger partial charge is 0.303 e.